The second kappa shape index (κ2) is 5.46. The fourth-order valence-electron chi connectivity index (χ4n) is 2.06. The quantitative estimate of drug-likeness (QED) is 0.797. The van der Waals surface area contributed by atoms with Gasteiger partial charge in [0.15, 0.2) is 0 Å². The Morgan fingerprint density at radius 2 is 2.10 bits per heavy atom. The number of hydrogen-bond donors (Lipinski definition) is 1. The summed E-state index contributed by atoms with van der Waals surface area (Å²) in [6.07, 6.45) is 1.61. The van der Waals surface area contributed by atoms with Crippen molar-refractivity contribution in [2.45, 2.75) is 6.54 Å². The molecule has 0 spiro atoms. The molecule has 0 fully saturated rings. The third kappa shape index (κ3) is 2.58. The van der Waals surface area contributed by atoms with Crippen LogP contribution in [0.4, 0.5) is 11.5 Å². The van der Waals surface area contributed by atoms with Crippen LogP contribution in [-0.2, 0) is 6.54 Å². The van der Waals surface area contributed by atoms with E-state index in [1.807, 2.05) is 19.5 Å². The summed E-state index contributed by atoms with van der Waals surface area (Å²) in [6, 6.07) is 10.5. The Morgan fingerprint density at radius 3 is 2.95 bits per heavy atom. The van der Waals surface area contributed by atoms with Crippen LogP contribution in [0.2, 0.25) is 0 Å². The predicted octanol–water partition coefficient (Wildman–Crippen LogP) is 3.37. The molecule has 1 N–H and O–H groups in total. The molecule has 4 nitrogen and oxygen atoms in total. The number of thiophene rings is 1. The maximum atomic E-state index is 4.33. The van der Waals surface area contributed by atoms with Crippen molar-refractivity contribution in [1.29, 1.82) is 0 Å². The molecule has 0 bridgehead atoms. The molecule has 0 amide bonds. The fraction of sp³-hybridized carbons (Fsp3) is 0.200. The molecular weight excluding hydrogens is 268 g/mol. The van der Waals surface area contributed by atoms with Gasteiger partial charge in [-0.15, -0.1) is 11.3 Å². The van der Waals surface area contributed by atoms with E-state index in [9.17, 15) is 0 Å². The minimum absolute atomic E-state index is 0.754. The third-order valence-corrected chi connectivity index (χ3v) is 3.97. The lowest BCUT2D eigenvalue weighted by Gasteiger charge is -2.14. The molecule has 2 aromatic heterocycles. The molecule has 3 aromatic rings. The van der Waals surface area contributed by atoms with Crippen molar-refractivity contribution in [3.05, 3.63) is 47.6 Å². The Morgan fingerprint density at radius 1 is 1.20 bits per heavy atom. The lowest BCUT2D eigenvalue weighted by atomic mass is 10.2. The topological polar surface area (TPSA) is 41.0 Å². The van der Waals surface area contributed by atoms with Gasteiger partial charge in [0.1, 0.15) is 17.0 Å². The van der Waals surface area contributed by atoms with Gasteiger partial charge in [-0.05, 0) is 29.1 Å². The maximum Gasteiger partial charge on any atom is 0.138 e. The van der Waals surface area contributed by atoms with Crippen LogP contribution in [-0.4, -0.2) is 24.1 Å². The van der Waals surface area contributed by atoms with Gasteiger partial charge in [0.05, 0.1) is 5.39 Å². The van der Waals surface area contributed by atoms with Crippen LogP contribution in [0.1, 0.15) is 5.56 Å². The first-order chi connectivity index (χ1) is 9.74. The molecule has 102 valence electrons. The monoisotopic (exact) mass is 284 g/mol. The average Bonchev–Trinajstić information content (AvgIpc) is 2.94. The van der Waals surface area contributed by atoms with Crippen molar-refractivity contribution in [2.24, 2.45) is 0 Å². The van der Waals surface area contributed by atoms with E-state index in [0.29, 0.717) is 0 Å². The SMILES string of the molecule is CN(C)c1cccc(CNc2ncnc3sccc23)c1. The molecule has 3 rings (SSSR count). The average molecular weight is 284 g/mol. The lowest BCUT2D eigenvalue weighted by Crippen LogP contribution is -2.09. The highest BCUT2D eigenvalue weighted by Crippen LogP contribution is 2.24. The molecule has 2 heterocycles. The number of hydrogen-bond acceptors (Lipinski definition) is 5. The first-order valence-corrected chi connectivity index (χ1v) is 7.30. The van der Waals surface area contributed by atoms with Crippen LogP contribution < -0.4 is 10.2 Å². The Kier molecular flexibility index (Phi) is 3.52. The van der Waals surface area contributed by atoms with Crippen LogP contribution in [0.5, 0.6) is 0 Å². The van der Waals surface area contributed by atoms with Gasteiger partial charge in [0.25, 0.3) is 0 Å². The fourth-order valence-corrected chi connectivity index (χ4v) is 2.79. The van der Waals surface area contributed by atoms with Crippen molar-refractivity contribution in [1.82, 2.24) is 9.97 Å². The number of rotatable bonds is 4. The van der Waals surface area contributed by atoms with Crippen molar-refractivity contribution in [3.8, 4) is 0 Å². The van der Waals surface area contributed by atoms with Gasteiger partial charge in [0.2, 0.25) is 0 Å². The number of aromatic nitrogens is 2. The predicted molar refractivity (Wildman–Crippen MR) is 85.5 cm³/mol. The Bertz CT molecular complexity index is 720. The molecule has 0 unspecified atom stereocenters. The summed E-state index contributed by atoms with van der Waals surface area (Å²) >= 11 is 1.63. The minimum Gasteiger partial charge on any atom is -0.378 e. The van der Waals surface area contributed by atoms with Gasteiger partial charge in [-0.1, -0.05) is 12.1 Å². The van der Waals surface area contributed by atoms with E-state index < -0.39 is 0 Å². The Labute approximate surface area is 122 Å². The highest BCUT2D eigenvalue weighted by molar-refractivity contribution is 7.16. The number of nitrogens with one attached hydrogen (secondary N) is 1. The Balaban J connectivity index is 1.79. The zero-order chi connectivity index (χ0) is 13.9. The van der Waals surface area contributed by atoms with Crippen molar-refractivity contribution in [2.75, 3.05) is 24.3 Å². The number of benzene rings is 1. The molecule has 5 heteroatoms. The van der Waals surface area contributed by atoms with Crippen LogP contribution in [0.25, 0.3) is 10.2 Å². The van der Waals surface area contributed by atoms with Crippen LogP contribution in [0.3, 0.4) is 0 Å². The number of nitrogens with zero attached hydrogens (tertiary/aromatic N) is 3. The molecule has 0 atom stereocenters. The normalized spacial score (nSPS) is 10.7. The summed E-state index contributed by atoms with van der Waals surface area (Å²) in [5.41, 5.74) is 2.44. The summed E-state index contributed by atoms with van der Waals surface area (Å²) in [4.78, 5) is 11.7. The summed E-state index contributed by atoms with van der Waals surface area (Å²) < 4.78 is 0. The van der Waals surface area contributed by atoms with Crippen molar-refractivity contribution < 1.29 is 0 Å². The molecule has 20 heavy (non-hydrogen) atoms. The first-order valence-electron chi connectivity index (χ1n) is 6.42. The second-order valence-electron chi connectivity index (χ2n) is 4.78. The van der Waals surface area contributed by atoms with Gasteiger partial charge in [-0.25, -0.2) is 9.97 Å². The van der Waals surface area contributed by atoms with E-state index in [2.05, 4.69) is 50.5 Å². The standard InChI is InChI=1S/C15H16N4S/c1-19(2)12-5-3-4-11(8-12)9-16-14-13-6-7-20-15(13)18-10-17-14/h3-8,10H,9H2,1-2H3,(H,16,17,18). The van der Waals surface area contributed by atoms with E-state index in [4.69, 9.17) is 0 Å². The van der Waals surface area contributed by atoms with Crippen LogP contribution in [0.15, 0.2) is 42.0 Å². The van der Waals surface area contributed by atoms with E-state index in [1.54, 1.807) is 17.7 Å². The Hall–Kier alpha value is -2.14. The van der Waals surface area contributed by atoms with Gasteiger partial charge in [-0.2, -0.15) is 0 Å². The molecule has 0 aliphatic heterocycles. The smallest absolute Gasteiger partial charge is 0.138 e. The van der Waals surface area contributed by atoms with E-state index in [-0.39, 0.29) is 0 Å². The van der Waals surface area contributed by atoms with Crippen LogP contribution in [0, 0.1) is 0 Å². The zero-order valence-corrected chi connectivity index (χ0v) is 12.3. The molecule has 0 aliphatic rings. The summed E-state index contributed by atoms with van der Waals surface area (Å²) in [5.74, 6) is 0.895. The highest BCUT2D eigenvalue weighted by atomic mass is 32.1. The molecule has 0 radical (unpaired) electrons. The molecule has 0 saturated heterocycles. The molecule has 0 saturated carbocycles. The number of anilines is 2. The molecule has 0 aliphatic carbocycles. The summed E-state index contributed by atoms with van der Waals surface area (Å²) in [5, 5.41) is 6.52. The van der Waals surface area contributed by atoms with Gasteiger partial charge < -0.3 is 10.2 Å². The summed E-state index contributed by atoms with van der Waals surface area (Å²) in [6.45, 7) is 0.754. The largest absolute Gasteiger partial charge is 0.378 e. The van der Waals surface area contributed by atoms with Crippen molar-refractivity contribution >= 4 is 33.1 Å². The zero-order valence-electron chi connectivity index (χ0n) is 11.5. The molecular formula is C15H16N4S. The van der Waals surface area contributed by atoms with Gasteiger partial charge in [-0.3, -0.25) is 0 Å². The van der Waals surface area contributed by atoms with E-state index in [1.165, 1.54) is 11.3 Å². The highest BCUT2D eigenvalue weighted by Gasteiger charge is 2.04. The third-order valence-electron chi connectivity index (χ3n) is 3.15. The minimum atomic E-state index is 0.754. The van der Waals surface area contributed by atoms with Gasteiger partial charge in [0, 0.05) is 26.3 Å². The van der Waals surface area contributed by atoms with Crippen LogP contribution >= 0.6 is 11.3 Å². The lowest BCUT2D eigenvalue weighted by molar-refractivity contribution is 1.08. The second-order valence-corrected chi connectivity index (χ2v) is 5.67. The van der Waals surface area contributed by atoms with Gasteiger partial charge >= 0.3 is 0 Å². The van der Waals surface area contributed by atoms with E-state index in [0.717, 1.165) is 22.6 Å². The summed E-state index contributed by atoms with van der Waals surface area (Å²) in [7, 11) is 4.09. The van der Waals surface area contributed by atoms with E-state index >= 15 is 0 Å². The molecule has 1 aromatic carbocycles. The maximum absolute atomic E-state index is 4.33. The van der Waals surface area contributed by atoms with Crippen molar-refractivity contribution in [3.63, 3.8) is 0 Å². The first kappa shape index (κ1) is 12.9. The number of fused-ring (bicyclic) bond motifs is 1.